The fraction of sp³-hybridized carbons (Fsp3) is 0.538. The highest BCUT2D eigenvalue weighted by Crippen LogP contribution is 2.54. The molecule has 0 bridgehead atoms. The first-order valence-corrected chi connectivity index (χ1v) is 6.51. The number of nitrogens with one attached hydrogen (secondary N) is 1. The molecule has 1 fully saturated rings. The second kappa shape index (κ2) is 5.39. The summed E-state index contributed by atoms with van der Waals surface area (Å²) in [6.07, 6.45) is 4.19. The van der Waals surface area contributed by atoms with E-state index in [2.05, 4.69) is 16.4 Å². The van der Waals surface area contributed by atoms with Crippen molar-refractivity contribution in [3.05, 3.63) is 23.9 Å². The van der Waals surface area contributed by atoms with Crippen LogP contribution < -0.4 is 5.32 Å². The van der Waals surface area contributed by atoms with Gasteiger partial charge in [0.15, 0.2) is 0 Å². The fourth-order valence-electron chi connectivity index (χ4n) is 1.86. The fourth-order valence-corrected chi connectivity index (χ4v) is 2.27. The average molecular weight is 238 g/mol. The zero-order valence-electron chi connectivity index (χ0n) is 10.5. The van der Waals surface area contributed by atoms with Crippen LogP contribution in [0, 0.1) is 0 Å². The Bertz CT molecular complexity index is 375. The molecule has 3 rings (SSSR count). The van der Waals surface area contributed by atoms with E-state index in [1.165, 1.54) is 18.4 Å². The van der Waals surface area contributed by atoms with Gasteiger partial charge in [0, 0.05) is 18.6 Å². The van der Waals surface area contributed by atoms with Crippen LogP contribution in [-0.2, 0) is 5.41 Å². The Hall–Kier alpha value is -0.960. The number of rotatable bonds is 0. The van der Waals surface area contributed by atoms with Crippen molar-refractivity contribution in [2.75, 3.05) is 5.32 Å². The van der Waals surface area contributed by atoms with Crippen molar-refractivity contribution >= 4 is 23.0 Å². The van der Waals surface area contributed by atoms with E-state index in [0.29, 0.717) is 0 Å². The third kappa shape index (κ3) is 1.96. The van der Waals surface area contributed by atoms with Gasteiger partial charge in [-0.3, -0.25) is 0 Å². The van der Waals surface area contributed by atoms with Crippen molar-refractivity contribution in [3.63, 3.8) is 0 Å². The van der Waals surface area contributed by atoms with Gasteiger partial charge in [0.2, 0.25) is 0 Å². The zero-order chi connectivity index (χ0) is 12.2. The Labute approximate surface area is 105 Å². The summed E-state index contributed by atoms with van der Waals surface area (Å²) in [5, 5.41) is 3.17. The Balaban J connectivity index is 0.000000469. The minimum atomic E-state index is 0. The molecule has 0 amide bonds. The molecule has 2 heterocycles. The van der Waals surface area contributed by atoms with Crippen LogP contribution in [0.3, 0.4) is 0 Å². The molecule has 1 spiro atoms. The Morgan fingerprint density at radius 3 is 2.50 bits per heavy atom. The average Bonchev–Trinajstić information content (AvgIpc) is 3.11. The first kappa shape index (κ1) is 13.1. The second-order valence-corrected chi connectivity index (χ2v) is 3.84. The lowest BCUT2D eigenvalue weighted by atomic mass is 10.0. The smallest absolute Gasteiger partial charge is 0.134 e. The zero-order valence-corrected chi connectivity index (χ0v) is 11.3. The van der Waals surface area contributed by atoms with Crippen LogP contribution in [0.4, 0.5) is 5.82 Å². The highest BCUT2D eigenvalue weighted by atomic mass is 32.1. The largest absolute Gasteiger partial charge is 0.334 e. The number of thiocarbonyl (C=S) groups is 1. The van der Waals surface area contributed by atoms with Gasteiger partial charge in [-0.15, -0.1) is 0 Å². The van der Waals surface area contributed by atoms with Gasteiger partial charge in [0.05, 0.1) is 4.99 Å². The Morgan fingerprint density at radius 1 is 1.31 bits per heavy atom. The van der Waals surface area contributed by atoms with Gasteiger partial charge < -0.3 is 5.32 Å². The summed E-state index contributed by atoms with van der Waals surface area (Å²) in [5.41, 5.74) is 1.49. The van der Waals surface area contributed by atoms with Crippen molar-refractivity contribution in [2.45, 2.75) is 46.0 Å². The van der Waals surface area contributed by atoms with Gasteiger partial charge in [0.25, 0.3) is 0 Å². The summed E-state index contributed by atoms with van der Waals surface area (Å²) in [6, 6.07) is 4.11. The molecule has 0 unspecified atom stereocenters. The number of nitrogens with zero attached hydrogens (tertiary/aromatic N) is 1. The number of hydrogen-bond acceptors (Lipinski definition) is 2. The van der Waals surface area contributed by atoms with E-state index in [0.717, 1.165) is 10.8 Å². The molecule has 16 heavy (non-hydrogen) atoms. The van der Waals surface area contributed by atoms with E-state index in [1.54, 1.807) is 6.20 Å². The van der Waals surface area contributed by atoms with E-state index < -0.39 is 0 Å². The minimum Gasteiger partial charge on any atom is -0.334 e. The van der Waals surface area contributed by atoms with Gasteiger partial charge in [-0.05, 0) is 18.9 Å². The van der Waals surface area contributed by atoms with E-state index >= 15 is 0 Å². The summed E-state index contributed by atoms with van der Waals surface area (Å²) in [5.74, 6) is 0.972. The van der Waals surface area contributed by atoms with Crippen LogP contribution in [0.2, 0.25) is 0 Å². The molecular formula is C13H22N2S. The third-order valence-electron chi connectivity index (χ3n) is 2.74. The van der Waals surface area contributed by atoms with E-state index in [9.17, 15) is 0 Å². The van der Waals surface area contributed by atoms with Crippen LogP contribution in [0.1, 0.15) is 47.5 Å². The molecule has 0 atom stereocenters. The van der Waals surface area contributed by atoms with E-state index in [4.69, 9.17) is 12.2 Å². The lowest BCUT2D eigenvalue weighted by molar-refractivity contribution is 0.991. The van der Waals surface area contributed by atoms with E-state index in [-0.39, 0.29) is 6.84 Å². The number of hydrogen-bond donors (Lipinski definition) is 1. The normalized spacial score (nSPS) is 17.4. The summed E-state index contributed by atoms with van der Waals surface area (Å²) < 4.78 is 0. The number of anilines is 1. The standard InChI is InChI=1S/C9H8N2S.2C2H6.H2/c12-8-9(3-4-9)6-2-1-5-10-7(6)11-8;2*1-2;/h1-2,5H,3-4H2,(H,10,11,12);2*1-2H3;1H. The monoisotopic (exact) mass is 238 g/mol. The summed E-state index contributed by atoms with van der Waals surface area (Å²) in [4.78, 5) is 5.22. The van der Waals surface area contributed by atoms with Gasteiger partial charge in [0.1, 0.15) is 5.82 Å². The maximum atomic E-state index is 5.27. The van der Waals surface area contributed by atoms with Crippen molar-refractivity contribution in [1.29, 1.82) is 0 Å². The molecule has 0 aromatic carbocycles. The van der Waals surface area contributed by atoms with Gasteiger partial charge in [-0.2, -0.15) is 0 Å². The molecule has 1 aliphatic carbocycles. The molecule has 90 valence electrons. The van der Waals surface area contributed by atoms with Crippen molar-refractivity contribution in [2.24, 2.45) is 0 Å². The summed E-state index contributed by atoms with van der Waals surface area (Å²) in [7, 11) is 0. The SMILES string of the molecule is CC.CC.S=C1Nc2ncccc2C12CC2.[HH]. The predicted octanol–water partition coefficient (Wildman–Crippen LogP) is 4.16. The topological polar surface area (TPSA) is 24.9 Å². The number of aromatic nitrogens is 1. The summed E-state index contributed by atoms with van der Waals surface area (Å²) in [6.45, 7) is 8.00. The van der Waals surface area contributed by atoms with Crippen LogP contribution in [0.15, 0.2) is 18.3 Å². The first-order valence-electron chi connectivity index (χ1n) is 6.10. The lowest BCUT2D eigenvalue weighted by Crippen LogP contribution is -2.15. The molecular weight excluding hydrogens is 216 g/mol. The molecule has 3 heteroatoms. The van der Waals surface area contributed by atoms with E-state index in [1.807, 2.05) is 33.8 Å². The molecule has 0 radical (unpaired) electrons. The Morgan fingerprint density at radius 2 is 1.94 bits per heavy atom. The molecule has 1 saturated carbocycles. The molecule has 1 aromatic heterocycles. The number of pyridine rings is 1. The molecule has 1 aromatic rings. The third-order valence-corrected chi connectivity index (χ3v) is 3.23. The van der Waals surface area contributed by atoms with Crippen molar-refractivity contribution in [3.8, 4) is 0 Å². The second-order valence-electron chi connectivity index (χ2n) is 3.44. The highest BCUT2D eigenvalue weighted by Gasteiger charge is 2.53. The van der Waals surface area contributed by atoms with Gasteiger partial charge in [-0.1, -0.05) is 46.0 Å². The van der Waals surface area contributed by atoms with Gasteiger partial charge >= 0.3 is 0 Å². The minimum absolute atomic E-state index is 0. The Kier molecular flexibility index (Phi) is 4.42. The van der Waals surface area contributed by atoms with Crippen LogP contribution in [0.5, 0.6) is 0 Å². The van der Waals surface area contributed by atoms with Crippen molar-refractivity contribution in [1.82, 2.24) is 4.98 Å². The molecule has 1 aliphatic heterocycles. The number of fused-ring (bicyclic) bond motifs is 2. The van der Waals surface area contributed by atoms with Gasteiger partial charge in [-0.25, -0.2) is 4.98 Å². The maximum absolute atomic E-state index is 5.27. The highest BCUT2D eigenvalue weighted by molar-refractivity contribution is 7.80. The lowest BCUT2D eigenvalue weighted by Gasteiger charge is -2.03. The maximum Gasteiger partial charge on any atom is 0.134 e. The quantitative estimate of drug-likeness (QED) is 0.687. The van der Waals surface area contributed by atoms with Crippen LogP contribution in [-0.4, -0.2) is 9.97 Å². The molecule has 1 N–H and O–H groups in total. The first-order chi connectivity index (χ1) is 7.83. The summed E-state index contributed by atoms with van der Waals surface area (Å²) >= 11 is 5.27. The van der Waals surface area contributed by atoms with Crippen molar-refractivity contribution < 1.29 is 1.43 Å². The van der Waals surface area contributed by atoms with Crippen LogP contribution >= 0.6 is 12.2 Å². The molecule has 0 saturated heterocycles. The molecule has 2 nitrogen and oxygen atoms in total. The molecule has 2 aliphatic rings. The predicted molar refractivity (Wildman–Crippen MR) is 76.2 cm³/mol. The van der Waals surface area contributed by atoms with Crippen LogP contribution in [0.25, 0.3) is 0 Å².